The number of carbonyl (C=O) groups is 2. The van der Waals surface area contributed by atoms with Crippen molar-refractivity contribution in [3.8, 4) is 5.75 Å². The number of benzene rings is 1. The molecule has 0 saturated carbocycles. The number of halogens is 2. The number of nitrogen functional groups attached to an aromatic ring is 1. The molecule has 180 valence electrons. The molecule has 0 spiro atoms. The lowest BCUT2D eigenvalue weighted by molar-refractivity contribution is -0.224. The Bertz CT molecular complexity index is 991. The normalized spacial score (nSPS) is 18.2. The lowest BCUT2D eigenvalue weighted by atomic mass is 9.78. The van der Waals surface area contributed by atoms with Crippen molar-refractivity contribution in [2.75, 3.05) is 5.73 Å². The molecule has 6 N–H and O–H groups in total. The zero-order valence-corrected chi connectivity index (χ0v) is 18.5. The number of nitrogens with zero attached hydrogens (tertiary/aromatic N) is 2. The predicted octanol–water partition coefficient (Wildman–Crippen LogP) is 2.05. The van der Waals surface area contributed by atoms with Crippen LogP contribution in [0.25, 0.3) is 0 Å². The van der Waals surface area contributed by atoms with Crippen LogP contribution in [0, 0.1) is 5.92 Å². The number of anilines is 1. The molecule has 1 aliphatic heterocycles. The number of alkyl halides is 2. The second-order valence-corrected chi connectivity index (χ2v) is 7.90. The van der Waals surface area contributed by atoms with Crippen molar-refractivity contribution in [1.29, 1.82) is 0 Å². The topological polar surface area (TPSA) is 152 Å². The Labute approximate surface area is 190 Å². The molecule has 2 heterocycles. The van der Waals surface area contributed by atoms with Gasteiger partial charge in [-0.3, -0.25) is 9.69 Å². The summed E-state index contributed by atoms with van der Waals surface area (Å²) in [5, 5.41) is 19.4. The summed E-state index contributed by atoms with van der Waals surface area (Å²) < 4.78 is 29.3. The van der Waals surface area contributed by atoms with E-state index in [1.165, 1.54) is 12.3 Å². The molecule has 1 aliphatic rings. The summed E-state index contributed by atoms with van der Waals surface area (Å²) in [5.41, 5.74) is 12.3. The summed E-state index contributed by atoms with van der Waals surface area (Å²) >= 11 is 0. The van der Waals surface area contributed by atoms with Gasteiger partial charge in [-0.25, -0.2) is 9.78 Å². The molecule has 1 saturated heterocycles. The Kier molecular flexibility index (Phi) is 7.93. The highest BCUT2D eigenvalue weighted by Crippen LogP contribution is 2.35. The number of β-lactam (4-membered cyclic amide) rings is 1. The number of carbonyl (C=O) groups excluding carboxylic acids is 2. The predicted molar refractivity (Wildman–Crippen MR) is 116 cm³/mol. The maximum Gasteiger partial charge on any atom is 0.394 e. The number of imide groups is 1. The lowest BCUT2D eigenvalue weighted by Crippen LogP contribution is -2.72. The maximum absolute atomic E-state index is 12.4. The number of hydrogen-bond acceptors (Lipinski definition) is 7. The van der Waals surface area contributed by atoms with Crippen LogP contribution < -0.4 is 16.2 Å². The van der Waals surface area contributed by atoms with Crippen molar-refractivity contribution in [2.45, 2.75) is 51.6 Å². The summed E-state index contributed by atoms with van der Waals surface area (Å²) in [6, 6.07) is 7.90. The number of primary amides is 1. The van der Waals surface area contributed by atoms with Gasteiger partial charge in [0.2, 0.25) is 5.91 Å². The van der Waals surface area contributed by atoms with Crippen LogP contribution in [0.1, 0.15) is 31.9 Å². The summed E-state index contributed by atoms with van der Waals surface area (Å²) in [5.74, 6) is -2.98. The first-order valence-electron chi connectivity index (χ1n) is 10.2. The third kappa shape index (κ3) is 7.09. The molecule has 1 fully saturated rings. The lowest BCUT2D eigenvalue weighted by Gasteiger charge is -2.49. The van der Waals surface area contributed by atoms with E-state index in [0.29, 0.717) is 16.3 Å². The number of likely N-dealkylation sites (tertiary alicyclic amines) is 1. The van der Waals surface area contributed by atoms with Crippen molar-refractivity contribution in [3.63, 3.8) is 0 Å². The van der Waals surface area contributed by atoms with E-state index in [0.717, 1.165) is 25.8 Å². The van der Waals surface area contributed by atoms with Crippen LogP contribution in [0.15, 0.2) is 42.6 Å². The number of pyridine rings is 1. The van der Waals surface area contributed by atoms with Crippen LogP contribution in [-0.4, -0.2) is 50.0 Å². The van der Waals surface area contributed by atoms with Crippen LogP contribution in [0.3, 0.4) is 0 Å². The fraction of sp³-hybridized carbons (Fsp3) is 0.409. The highest BCUT2D eigenvalue weighted by molar-refractivity contribution is 6.01. The SMILES string of the molecule is CC(O)(O)C1[C@@H](Cc2ccnc(N)c2)C(=O)N1C(N)=O.CCc1cccc(OC(C)(F)F)c1. The summed E-state index contributed by atoms with van der Waals surface area (Å²) in [6.07, 6.45) is -0.582. The molecule has 9 nitrogen and oxygen atoms in total. The average molecular weight is 466 g/mol. The van der Waals surface area contributed by atoms with Crippen molar-refractivity contribution >= 4 is 17.8 Å². The summed E-state index contributed by atoms with van der Waals surface area (Å²) in [4.78, 5) is 27.6. The van der Waals surface area contributed by atoms with E-state index in [2.05, 4.69) is 9.72 Å². The molecule has 2 atom stereocenters. The highest BCUT2D eigenvalue weighted by Gasteiger charge is 2.57. The molecule has 2 aromatic rings. The fourth-order valence-corrected chi connectivity index (χ4v) is 3.53. The van der Waals surface area contributed by atoms with Crippen molar-refractivity contribution in [3.05, 3.63) is 53.7 Å². The number of aryl methyl sites for hydroxylation is 1. The zero-order valence-electron chi connectivity index (χ0n) is 18.5. The van der Waals surface area contributed by atoms with Gasteiger partial charge in [0.1, 0.15) is 17.6 Å². The number of aromatic nitrogens is 1. The van der Waals surface area contributed by atoms with Gasteiger partial charge in [-0.1, -0.05) is 19.1 Å². The second kappa shape index (κ2) is 10.1. The molecule has 0 bridgehead atoms. The number of aliphatic hydroxyl groups is 2. The number of nitrogens with two attached hydrogens (primary N) is 2. The van der Waals surface area contributed by atoms with Gasteiger partial charge in [-0.2, -0.15) is 8.78 Å². The van der Waals surface area contributed by atoms with Gasteiger partial charge in [-0.05, 0) is 55.2 Å². The Hall–Kier alpha value is -3.31. The third-order valence-electron chi connectivity index (χ3n) is 4.92. The zero-order chi connectivity index (χ0) is 25.0. The number of hydrogen-bond donors (Lipinski definition) is 4. The minimum absolute atomic E-state index is 0.215. The first-order chi connectivity index (χ1) is 15.2. The van der Waals surface area contributed by atoms with E-state index in [1.807, 2.05) is 13.0 Å². The van der Waals surface area contributed by atoms with Gasteiger partial charge in [-0.15, -0.1) is 0 Å². The van der Waals surface area contributed by atoms with Crippen molar-refractivity contribution in [1.82, 2.24) is 9.88 Å². The molecule has 1 aromatic carbocycles. The molecule has 11 heteroatoms. The summed E-state index contributed by atoms with van der Waals surface area (Å²) in [6.45, 7) is 3.79. The molecule has 1 aromatic heterocycles. The molecule has 3 rings (SSSR count). The van der Waals surface area contributed by atoms with Crippen LogP contribution in [0.4, 0.5) is 19.4 Å². The highest BCUT2D eigenvalue weighted by atomic mass is 19.3. The first-order valence-corrected chi connectivity index (χ1v) is 10.2. The van der Waals surface area contributed by atoms with Crippen molar-refractivity contribution < 1.29 is 33.3 Å². The monoisotopic (exact) mass is 466 g/mol. The number of rotatable bonds is 6. The van der Waals surface area contributed by atoms with Gasteiger partial charge in [0.15, 0.2) is 5.79 Å². The van der Waals surface area contributed by atoms with E-state index in [4.69, 9.17) is 11.5 Å². The number of ether oxygens (including phenoxy) is 1. The van der Waals surface area contributed by atoms with E-state index in [9.17, 15) is 28.6 Å². The van der Waals surface area contributed by atoms with E-state index in [-0.39, 0.29) is 12.2 Å². The van der Waals surface area contributed by atoms with Gasteiger partial charge in [0.25, 0.3) is 0 Å². The van der Waals surface area contributed by atoms with E-state index < -0.39 is 35.8 Å². The Morgan fingerprint density at radius 2 is 1.88 bits per heavy atom. The van der Waals surface area contributed by atoms with Gasteiger partial charge in [0.05, 0.1) is 5.92 Å². The Morgan fingerprint density at radius 1 is 1.21 bits per heavy atom. The third-order valence-corrected chi connectivity index (χ3v) is 4.92. The van der Waals surface area contributed by atoms with Crippen LogP contribution >= 0.6 is 0 Å². The van der Waals surface area contributed by atoms with Gasteiger partial charge >= 0.3 is 12.1 Å². The maximum atomic E-state index is 12.4. The smallest absolute Gasteiger partial charge is 0.394 e. The fourth-order valence-electron chi connectivity index (χ4n) is 3.53. The van der Waals surface area contributed by atoms with Crippen LogP contribution in [0.5, 0.6) is 5.75 Å². The van der Waals surface area contributed by atoms with E-state index in [1.54, 1.807) is 24.3 Å². The molecule has 0 radical (unpaired) electrons. The molecule has 1 unspecified atom stereocenters. The molecule has 3 amide bonds. The Balaban J connectivity index is 0.000000257. The molecular formula is C22H28F2N4O5. The minimum atomic E-state index is -3.10. The number of amides is 3. The van der Waals surface area contributed by atoms with Crippen LogP contribution in [-0.2, 0) is 17.6 Å². The first kappa shape index (κ1) is 25.9. The average Bonchev–Trinajstić information content (AvgIpc) is 2.68. The van der Waals surface area contributed by atoms with Gasteiger partial charge < -0.3 is 26.4 Å². The van der Waals surface area contributed by atoms with Crippen LogP contribution in [0.2, 0.25) is 0 Å². The standard InChI is InChI=1S/C12H16N4O4.C10H12F2O/c1-12(19,20)9-7(10(17)16(9)11(14)18)4-6-2-3-15-8(13)5-6;1-3-8-5-4-6-9(7-8)13-10(2,11)12/h2-3,5,7,9,19-20H,4H2,1H3,(H2,13,15)(H2,14,18);4-7H,3H2,1-2H3/t7-,9?;/m1./s1. The quantitative estimate of drug-likeness (QED) is 0.376. The van der Waals surface area contributed by atoms with Crippen molar-refractivity contribution in [2.24, 2.45) is 11.7 Å². The Morgan fingerprint density at radius 3 is 2.39 bits per heavy atom. The largest absolute Gasteiger partial charge is 0.433 e. The minimum Gasteiger partial charge on any atom is -0.433 e. The molecular weight excluding hydrogens is 438 g/mol. The van der Waals surface area contributed by atoms with E-state index >= 15 is 0 Å². The second-order valence-electron chi connectivity index (χ2n) is 7.90. The molecule has 0 aliphatic carbocycles. The summed E-state index contributed by atoms with van der Waals surface area (Å²) in [7, 11) is 0. The number of urea groups is 1. The van der Waals surface area contributed by atoms with Gasteiger partial charge in [0, 0.05) is 13.1 Å². The molecule has 33 heavy (non-hydrogen) atoms.